The van der Waals surface area contributed by atoms with E-state index in [1.54, 1.807) is 24.4 Å². The number of carbonyl (C=O) groups is 1. The summed E-state index contributed by atoms with van der Waals surface area (Å²) in [5.41, 5.74) is 11.0. The van der Waals surface area contributed by atoms with E-state index in [2.05, 4.69) is 15.0 Å². The van der Waals surface area contributed by atoms with E-state index < -0.39 is 5.97 Å². The lowest BCUT2D eigenvalue weighted by molar-refractivity contribution is 0.0601. The molecule has 0 N–H and O–H groups in total. The fourth-order valence-corrected chi connectivity index (χ4v) is 1.80. The van der Waals surface area contributed by atoms with Crippen molar-refractivity contribution in [2.45, 2.75) is 6.54 Å². The molecule has 1 aromatic heterocycles. The first-order valence-electron chi connectivity index (χ1n) is 5.89. The number of hydrogen-bond acceptors (Lipinski definition) is 4. The summed E-state index contributed by atoms with van der Waals surface area (Å²) in [5.74, 6) is -0.390. The molecule has 0 atom stereocenters. The molecule has 0 aliphatic carbocycles. The molecule has 0 saturated heterocycles. The van der Waals surface area contributed by atoms with Gasteiger partial charge in [0.2, 0.25) is 0 Å². The molecule has 0 unspecified atom stereocenters. The molecule has 2 rings (SSSR count). The Hall–Kier alpha value is -2.85. The van der Waals surface area contributed by atoms with Crippen LogP contribution in [0.1, 0.15) is 16.1 Å². The summed E-state index contributed by atoms with van der Waals surface area (Å²) in [4.78, 5) is 18.6. The maximum absolute atomic E-state index is 11.7. The minimum atomic E-state index is -0.390. The Kier molecular flexibility index (Phi) is 4.32. The van der Waals surface area contributed by atoms with Crippen molar-refractivity contribution in [3.63, 3.8) is 0 Å². The van der Waals surface area contributed by atoms with Crippen LogP contribution in [0.4, 0.5) is 0 Å². The van der Waals surface area contributed by atoms with Crippen LogP contribution in [-0.4, -0.2) is 18.1 Å². The molecule has 0 saturated carbocycles. The molecule has 0 bridgehead atoms. The second kappa shape index (κ2) is 6.36. The number of benzene rings is 1. The van der Waals surface area contributed by atoms with Crippen LogP contribution >= 0.6 is 0 Å². The highest BCUT2D eigenvalue weighted by atomic mass is 16.5. The minimum absolute atomic E-state index is 0.204. The van der Waals surface area contributed by atoms with Crippen LogP contribution in [-0.2, 0) is 11.3 Å². The van der Waals surface area contributed by atoms with Crippen molar-refractivity contribution < 1.29 is 9.53 Å². The molecule has 0 radical (unpaired) electrons. The number of methoxy groups -OCH3 is 1. The highest BCUT2D eigenvalue weighted by Crippen LogP contribution is 2.23. The average molecular weight is 268 g/mol. The normalized spacial score (nSPS) is 9.65. The minimum Gasteiger partial charge on any atom is -0.465 e. The summed E-state index contributed by atoms with van der Waals surface area (Å²) < 4.78 is 4.76. The highest BCUT2D eigenvalue weighted by Gasteiger charge is 2.12. The van der Waals surface area contributed by atoms with Gasteiger partial charge >= 0.3 is 5.97 Å². The third kappa shape index (κ3) is 2.93. The van der Waals surface area contributed by atoms with Crippen molar-refractivity contribution in [3.05, 3.63) is 64.3 Å². The van der Waals surface area contributed by atoms with Gasteiger partial charge in [-0.25, -0.2) is 4.79 Å². The molecule has 0 aliphatic heterocycles. The molecule has 0 fully saturated rings. The zero-order valence-electron chi connectivity index (χ0n) is 10.9. The summed E-state index contributed by atoms with van der Waals surface area (Å²) in [6, 6.07) is 10.7. The van der Waals surface area contributed by atoms with E-state index in [-0.39, 0.29) is 6.54 Å². The number of pyridine rings is 1. The van der Waals surface area contributed by atoms with E-state index in [9.17, 15) is 4.79 Å². The Bertz CT molecular complexity index is 661. The van der Waals surface area contributed by atoms with Crippen molar-refractivity contribution >= 4 is 5.97 Å². The lowest BCUT2D eigenvalue weighted by Gasteiger charge is -2.07. The van der Waals surface area contributed by atoms with E-state index in [1.807, 2.05) is 18.2 Å². The number of carbonyl (C=O) groups excluding carboxylic acids is 1. The maximum atomic E-state index is 11.7. The number of rotatable bonds is 4. The van der Waals surface area contributed by atoms with E-state index in [1.165, 1.54) is 7.11 Å². The quantitative estimate of drug-likeness (QED) is 0.368. The predicted octanol–water partition coefficient (Wildman–Crippen LogP) is 3.35. The Morgan fingerprint density at radius 1 is 1.35 bits per heavy atom. The van der Waals surface area contributed by atoms with Gasteiger partial charge in [0.25, 0.3) is 0 Å². The van der Waals surface area contributed by atoms with Crippen molar-refractivity contribution in [1.29, 1.82) is 0 Å². The maximum Gasteiger partial charge on any atom is 0.338 e. The largest absolute Gasteiger partial charge is 0.465 e. The van der Waals surface area contributed by atoms with Gasteiger partial charge < -0.3 is 4.74 Å². The lowest BCUT2D eigenvalue weighted by Crippen LogP contribution is -2.03. The lowest BCUT2D eigenvalue weighted by atomic mass is 10.0. The molecular formula is C14H12N4O2. The number of azide groups is 1. The van der Waals surface area contributed by atoms with Crippen molar-refractivity contribution in [1.82, 2.24) is 4.98 Å². The fourth-order valence-electron chi connectivity index (χ4n) is 1.80. The number of esters is 1. The summed E-state index contributed by atoms with van der Waals surface area (Å²) in [6.45, 7) is 0.204. The number of ether oxygens (including phenoxy) is 1. The molecule has 0 spiro atoms. The van der Waals surface area contributed by atoms with Crippen LogP contribution in [0.25, 0.3) is 21.6 Å². The Labute approximate surface area is 115 Å². The van der Waals surface area contributed by atoms with Crippen LogP contribution in [0, 0.1) is 0 Å². The van der Waals surface area contributed by atoms with Gasteiger partial charge in [-0.15, -0.1) is 0 Å². The van der Waals surface area contributed by atoms with Gasteiger partial charge in [0, 0.05) is 22.4 Å². The Balaban J connectivity index is 2.36. The van der Waals surface area contributed by atoms with Crippen LogP contribution in [0.2, 0.25) is 0 Å². The molecule has 0 amide bonds. The smallest absolute Gasteiger partial charge is 0.338 e. The van der Waals surface area contributed by atoms with E-state index in [0.717, 1.165) is 11.1 Å². The van der Waals surface area contributed by atoms with Gasteiger partial charge in [0.15, 0.2) is 0 Å². The van der Waals surface area contributed by atoms with E-state index in [0.29, 0.717) is 11.3 Å². The molecule has 20 heavy (non-hydrogen) atoms. The fraction of sp³-hybridized carbons (Fsp3) is 0.143. The van der Waals surface area contributed by atoms with Crippen LogP contribution in [0.15, 0.2) is 47.7 Å². The zero-order valence-corrected chi connectivity index (χ0v) is 10.9. The highest BCUT2D eigenvalue weighted by molar-refractivity contribution is 5.97. The first-order valence-corrected chi connectivity index (χ1v) is 5.89. The first kappa shape index (κ1) is 13.6. The second-order valence-electron chi connectivity index (χ2n) is 3.96. The zero-order chi connectivity index (χ0) is 14.4. The van der Waals surface area contributed by atoms with E-state index >= 15 is 0 Å². The Morgan fingerprint density at radius 3 is 2.80 bits per heavy atom. The molecule has 1 aromatic carbocycles. The van der Waals surface area contributed by atoms with Gasteiger partial charge in [0.1, 0.15) is 0 Å². The molecule has 0 aliphatic rings. The predicted molar refractivity (Wildman–Crippen MR) is 73.9 cm³/mol. The summed E-state index contributed by atoms with van der Waals surface area (Å²) >= 11 is 0. The SMILES string of the molecule is COC(=O)c1ccccc1-c1ccc(CN=[N+]=[N-])nc1. The molecule has 6 heteroatoms. The van der Waals surface area contributed by atoms with E-state index in [4.69, 9.17) is 10.3 Å². The van der Waals surface area contributed by atoms with Gasteiger partial charge in [0.05, 0.1) is 19.2 Å². The van der Waals surface area contributed by atoms with Crippen LogP contribution < -0.4 is 0 Å². The van der Waals surface area contributed by atoms with Gasteiger partial charge in [-0.2, -0.15) is 0 Å². The third-order valence-corrected chi connectivity index (χ3v) is 2.76. The summed E-state index contributed by atoms with van der Waals surface area (Å²) in [5, 5.41) is 3.45. The summed E-state index contributed by atoms with van der Waals surface area (Å²) in [6.07, 6.45) is 1.64. The monoisotopic (exact) mass is 268 g/mol. The number of nitrogens with zero attached hydrogens (tertiary/aromatic N) is 4. The number of hydrogen-bond donors (Lipinski definition) is 0. The van der Waals surface area contributed by atoms with Gasteiger partial charge in [-0.1, -0.05) is 29.4 Å². The van der Waals surface area contributed by atoms with Crippen molar-refractivity contribution in [3.8, 4) is 11.1 Å². The molecule has 6 nitrogen and oxygen atoms in total. The standard InChI is InChI=1S/C14H12N4O2/c1-20-14(19)13-5-3-2-4-12(13)10-6-7-11(16-8-10)9-17-18-15/h2-8H,9H2,1H3. The summed E-state index contributed by atoms with van der Waals surface area (Å²) in [7, 11) is 1.35. The van der Waals surface area contributed by atoms with Gasteiger partial charge in [-0.05, 0) is 23.2 Å². The third-order valence-electron chi connectivity index (χ3n) is 2.76. The van der Waals surface area contributed by atoms with Gasteiger partial charge in [-0.3, -0.25) is 4.98 Å². The number of aromatic nitrogens is 1. The average Bonchev–Trinajstić information content (AvgIpc) is 2.52. The first-order chi connectivity index (χ1) is 9.76. The Morgan fingerprint density at radius 2 is 2.15 bits per heavy atom. The van der Waals surface area contributed by atoms with Crippen LogP contribution in [0.5, 0.6) is 0 Å². The second-order valence-corrected chi connectivity index (χ2v) is 3.96. The molecular weight excluding hydrogens is 256 g/mol. The topological polar surface area (TPSA) is 88.0 Å². The van der Waals surface area contributed by atoms with Crippen molar-refractivity contribution in [2.24, 2.45) is 5.11 Å². The molecule has 1 heterocycles. The van der Waals surface area contributed by atoms with Crippen LogP contribution in [0.3, 0.4) is 0 Å². The molecule has 2 aromatic rings. The molecule has 100 valence electrons. The van der Waals surface area contributed by atoms with Crippen molar-refractivity contribution in [2.75, 3.05) is 7.11 Å².